The van der Waals surface area contributed by atoms with Gasteiger partial charge in [0.2, 0.25) is 0 Å². The lowest BCUT2D eigenvalue weighted by Gasteiger charge is -2.29. The molecule has 0 bridgehead atoms. The molecule has 72 valence electrons. The number of benzene rings is 1. The fourth-order valence-electron chi connectivity index (χ4n) is 1.81. The van der Waals surface area contributed by atoms with Gasteiger partial charge < -0.3 is 0 Å². The molecule has 2 rings (SSSR count). The van der Waals surface area contributed by atoms with Crippen molar-refractivity contribution in [1.29, 1.82) is 0 Å². The lowest BCUT2D eigenvalue weighted by atomic mass is 9.75. The van der Waals surface area contributed by atoms with Crippen LogP contribution in [0.5, 0.6) is 0 Å². The Hall–Kier alpha value is -0.890. The summed E-state index contributed by atoms with van der Waals surface area (Å²) in [5, 5.41) is 0. The van der Waals surface area contributed by atoms with Crippen LogP contribution in [0.1, 0.15) is 25.0 Å². The number of carbonyl (C=O) groups is 1. The van der Waals surface area contributed by atoms with E-state index in [1.807, 2.05) is 44.2 Å². The summed E-state index contributed by atoms with van der Waals surface area (Å²) < 4.78 is 0.668. The number of Topliss-reactive ketones (excluding diaryl/α,β-unsaturated/α-hetero) is 1. The molecule has 0 radical (unpaired) electrons. The molecule has 0 unspecified atom stereocenters. The van der Waals surface area contributed by atoms with Gasteiger partial charge in [-0.25, -0.2) is 0 Å². The van der Waals surface area contributed by atoms with Gasteiger partial charge in [0.05, 0.1) is 9.90 Å². The minimum Gasteiger partial charge on any atom is -0.293 e. The summed E-state index contributed by atoms with van der Waals surface area (Å²) in [6.45, 7) is 3.92. The Morgan fingerprint density at radius 3 is 2.57 bits per heavy atom. The van der Waals surface area contributed by atoms with Gasteiger partial charge in [-0.1, -0.05) is 24.3 Å². The van der Waals surface area contributed by atoms with Crippen LogP contribution in [0.2, 0.25) is 0 Å². The Morgan fingerprint density at radius 2 is 1.86 bits per heavy atom. The third-order valence-electron chi connectivity index (χ3n) is 2.70. The van der Waals surface area contributed by atoms with Gasteiger partial charge in [-0.05, 0) is 47.0 Å². The molecule has 0 aliphatic heterocycles. The molecule has 1 aliphatic carbocycles. The van der Waals surface area contributed by atoms with E-state index in [4.69, 9.17) is 0 Å². The number of hydrogen-bond acceptors (Lipinski definition) is 1. The maximum atomic E-state index is 11.9. The molecular weight excluding hydrogens is 240 g/mol. The summed E-state index contributed by atoms with van der Waals surface area (Å²) in [6, 6.07) is 8.01. The maximum absolute atomic E-state index is 11.9. The number of ketones is 1. The van der Waals surface area contributed by atoms with Crippen molar-refractivity contribution < 1.29 is 4.79 Å². The number of carbonyl (C=O) groups excluding carboxylic acids is 1. The zero-order valence-corrected chi connectivity index (χ0v) is 9.76. The average molecular weight is 251 g/mol. The van der Waals surface area contributed by atoms with E-state index in [0.717, 1.165) is 11.1 Å². The van der Waals surface area contributed by atoms with E-state index in [-0.39, 0.29) is 5.78 Å². The maximum Gasteiger partial charge on any atom is 0.179 e. The van der Waals surface area contributed by atoms with Crippen molar-refractivity contribution in [3.8, 4) is 0 Å². The lowest BCUT2D eigenvalue weighted by molar-refractivity contribution is -0.119. The van der Waals surface area contributed by atoms with Gasteiger partial charge in [0.1, 0.15) is 0 Å². The highest BCUT2D eigenvalue weighted by Gasteiger charge is 2.35. The molecule has 0 amide bonds. The molecule has 1 aromatic rings. The minimum absolute atomic E-state index is 0.149. The third kappa shape index (κ3) is 1.25. The number of allylic oxidation sites excluding steroid dienone is 1. The van der Waals surface area contributed by atoms with Gasteiger partial charge in [0, 0.05) is 0 Å². The lowest BCUT2D eigenvalue weighted by Crippen LogP contribution is -2.32. The predicted octanol–water partition coefficient (Wildman–Crippen LogP) is 3.28. The number of halogens is 1. The van der Waals surface area contributed by atoms with Crippen molar-refractivity contribution in [2.45, 2.75) is 19.3 Å². The van der Waals surface area contributed by atoms with E-state index >= 15 is 0 Å². The summed E-state index contributed by atoms with van der Waals surface area (Å²) in [6.07, 6.45) is 1.89. The SMILES string of the molecule is CC1(C)C(=O)C(Br)=Cc2ccccc21. The molecular formula is C12H11BrO. The Bertz CT molecular complexity index is 430. The van der Waals surface area contributed by atoms with Crippen LogP contribution in [0, 0.1) is 0 Å². The standard InChI is InChI=1S/C12H11BrO/c1-12(2)9-6-4-3-5-8(9)7-10(13)11(12)14/h3-7H,1-2H3. The van der Waals surface area contributed by atoms with Gasteiger partial charge in [0.15, 0.2) is 5.78 Å². The summed E-state index contributed by atoms with van der Waals surface area (Å²) in [7, 11) is 0. The van der Waals surface area contributed by atoms with Crippen molar-refractivity contribution in [3.05, 3.63) is 39.9 Å². The van der Waals surface area contributed by atoms with Crippen LogP contribution in [0.4, 0.5) is 0 Å². The van der Waals surface area contributed by atoms with Crippen molar-refractivity contribution in [2.75, 3.05) is 0 Å². The molecule has 0 spiro atoms. The van der Waals surface area contributed by atoms with Crippen LogP contribution >= 0.6 is 15.9 Å². The molecule has 0 fully saturated rings. The monoisotopic (exact) mass is 250 g/mol. The van der Waals surface area contributed by atoms with Crippen molar-refractivity contribution in [1.82, 2.24) is 0 Å². The van der Waals surface area contributed by atoms with Crippen LogP contribution in [-0.2, 0) is 10.2 Å². The van der Waals surface area contributed by atoms with Gasteiger partial charge in [-0.3, -0.25) is 4.79 Å². The average Bonchev–Trinajstić information content (AvgIpc) is 2.15. The first kappa shape index (κ1) is 9.66. The first-order valence-corrected chi connectivity index (χ1v) is 5.34. The molecule has 0 atom stereocenters. The van der Waals surface area contributed by atoms with Gasteiger partial charge in [-0.15, -0.1) is 0 Å². The topological polar surface area (TPSA) is 17.1 Å². The zero-order valence-electron chi connectivity index (χ0n) is 8.17. The van der Waals surface area contributed by atoms with E-state index in [1.54, 1.807) is 0 Å². The van der Waals surface area contributed by atoms with E-state index in [2.05, 4.69) is 15.9 Å². The highest BCUT2D eigenvalue weighted by atomic mass is 79.9. The van der Waals surface area contributed by atoms with Crippen LogP contribution in [0.15, 0.2) is 28.7 Å². The Labute approximate surface area is 92.0 Å². The zero-order chi connectivity index (χ0) is 10.3. The number of rotatable bonds is 0. The van der Waals surface area contributed by atoms with Crippen LogP contribution < -0.4 is 0 Å². The molecule has 1 aliphatic rings. The van der Waals surface area contributed by atoms with E-state index in [0.29, 0.717) is 4.48 Å². The first-order chi connectivity index (χ1) is 6.53. The Morgan fingerprint density at radius 1 is 1.21 bits per heavy atom. The van der Waals surface area contributed by atoms with Crippen LogP contribution in [0.3, 0.4) is 0 Å². The number of hydrogen-bond donors (Lipinski definition) is 0. The number of fused-ring (bicyclic) bond motifs is 1. The molecule has 0 heterocycles. The Kier molecular flexibility index (Phi) is 2.11. The molecule has 0 N–H and O–H groups in total. The largest absolute Gasteiger partial charge is 0.293 e. The van der Waals surface area contributed by atoms with Crippen LogP contribution in [-0.4, -0.2) is 5.78 Å². The summed E-state index contributed by atoms with van der Waals surface area (Å²) in [5.41, 5.74) is 1.82. The summed E-state index contributed by atoms with van der Waals surface area (Å²) in [4.78, 5) is 11.9. The van der Waals surface area contributed by atoms with E-state index in [1.165, 1.54) is 0 Å². The molecule has 1 nitrogen and oxygen atoms in total. The van der Waals surface area contributed by atoms with Gasteiger partial charge in [0.25, 0.3) is 0 Å². The van der Waals surface area contributed by atoms with Crippen molar-refractivity contribution >= 4 is 27.8 Å². The van der Waals surface area contributed by atoms with Crippen molar-refractivity contribution in [2.24, 2.45) is 0 Å². The van der Waals surface area contributed by atoms with Crippen molar-refractivity contribution in [3.63, 3.8) is 0 Å². The molecule has 0 saturated carbocycles. The van der Waals surface area contributed by atoms with Gasteiger partial charge in [-0.2, -0.15) is 0 Å². The molecule has 14 heavy (non-hydrogen) atoms. The molecule has 2 heteroatoms. The van der Waals surface area contributed by atoms with Crippen LogP contribution in [0.25, 0.3) is 6.08 Å². The highest BCUT2D eigenvalue weighted by Crippen LogP contribution is 2.37. The smallest absolute Gasteiger partial charge is 0.179 e. The Balaban J connectivity index is 2.72. The highest BCUT2D eigenvalue weighted by molar-refractivity contribution is 9.12. The minimum atomic E-state index is -0.413. The van der Waals surface area contributed by atoms with Gasteiger partial charge >= 0.3 is 0 Å². The molecule has 1 aromatic carbocycles. The second-order valence-electron chi connectivity index (χ2n) is 4.03. The fourth-order valence-corrected chi connectivity index (χ4v) is 2.56. The summed E-state index contributed by atoms with van der Waals surface area (Å²) >= 11 is 3.31. The normalized spacial score (nSPS) is 18.8. The third-order valence-corrected chi connectivity index (χ3v) is 3.29. The predicted molar refractivity (Wildman–Crippen MR) is 61.4 cm³/mol. The second kappa shape index (κ2) is 3.06. The summed E-state index contributed by atoms with van der Waals surface area (Å²) in [5.74, 6) is 0.149. The quantitative estimate of drug-likeness (QED) is 0.691. The fraction of sp³-hybridized carbons (Fsp3) is 0.250. The molecule has 0 aromatic heterocycles. The van der Waals surface area contributed by atoms with E-state index in [9.17, 15) is 4.79 Å². The first-order valence-electron chi connectivity index (χ1n) is 4.55. The van der Waals surface area contributed by atoms with E-state index < -0.39 is 5.41 Å². The molecule has 0 saturated heterocycles. The second-order valence-corrected chi connectivity index (χ2v) is 4.89.